The molecule has 1 aliphatic heterocycles. The monoisotopic (exact) mass is 271 g/mol. The Morgan fingerprint density at radius 2 is 1.80 bits per heavy atom. The van der Waals surface area contributed by atoms with Crippen molar-refractivity contribution in [1.29, 1.82) is 0 Å². The van der Waals surface area contributed by atoms with Gasteiger partial charge in [-0.3, -0.25) is 9.59 Å². The highest BCUT2D eigenvalue weighted by Gasteiger charge is 2.53. The third kappa shape index (κ3) is 1.96. The first-order chi connectivity index (χ1) is 9.53. The van der Waals surface area contributed by atoms with E-state index in [1.807, 2.05) is 32.0 Å². The lowest BCUT2D eigenvalue weighted by molar-refractivity contribution is -0.125. The van der Waals surface area contributed by atoms with Crippen molar-refractivity contribution >= 4 is 11.7 Å². The summed E-state index contributed by atoms with van der Waals surface area (Å²) in [7, 11) is 0. The lowest BCUT2D eigenvalue weighted by atomic mass is 9.76. The van der Waals surface area contributed by atoms with Gasteiger partial charge in [0.1, 0.15) is 5.92 Å². The summed E-state index contributed by atoms with van der Waals surface area (Å²) in [6, 6.07) is 5.96. The minimum atomic E-state index is -0.603. The van der Waals surface area contributed by atoms with Gasteiger partial charge in [-0.25, -0.2) is 0 Å². The molecule has 1 saturated heterocycles. The zero-order chi connectivity index (χ0) is 14.3. The molecule has 1 saturated carbocycles. The molecule has 1 amide bonds. The maximum atomic E-state index is 12.8. The summed E-state index contributed by atoms with van der Waals surface area (Å²) >= 11 is 0. The van der Waals surface area contributed by atoms with Gasteiger partial charge in [-0.15, -0.1) is 0 Å². The van der Waals surface area contributed by atoms with E-state index >= 15 is 0 Å². The van der Waals surface area contributed by atoms with E-state index in [0.29, 0.717) is 0 Å². The molecule has 20 heavy (non-hydrogen) atoms. The molecule has 1 atom stereocenters. The van der Waals surface area contributed by atoms with E-state index in [1.54, 1.807) is 0 Å². The summed E-state index contributed by atoms with van der Waals surface area (Å²) in [5, 5.41) is 3.02. The van der Waals surface area contributed by atoms with Crippen molar-refractivity contribution in [2.45, 2.75) is 57.4 Å². The fraction of sp³-hybridized carbons (Fsp3) is 0.529. The molecule has 1 aromatic carbocycles. The average Bonchev–Trinajstić information content (AvgIpc) is 2.63. The number of aryl methyl sites for hydroxylation is 2. The first kappa shape index (κ1) is 13.3. The number of ketones is 1. The maximum absolute atomic E-state index is 12.8. The summed E-state index contributed by atoms with van der Waals surface area (Å²) in [4.78, 5) is 25.2. The van der Waals surface area contributed by atoms with E-state index in [9.17, 15) is 9.59 Å². The molecule has 1 N–H and O–H groups in total. The molecule has 0 radical (unpaired) electrons. The predicted octanol–water partition coefficient (Wildman–Crippen LogP) is 2.79. The van der Waals surface area contributed by atoms with E-state index in [1.165, 1.54) is 6.42 Å². The summed E-state index contributed by atoms with van der Waals surface area (Å²) in [5.74, 6) is -0.619. The molecule has 1 aromatic rings. The largest absolute Gasteiger partial charge is 0.343 e. The van der Waals surface area contributed by atoms with E-state index in [2.05, 4.69) is 5.32 Å². The second kappa shape index (κ2) is 4.72. The van der Waals surface area contributed by atoms with Crippen LogP contribution in [0, 0.1) is 13.8 Å². The van der Waals surface area contributed by atoms with Crippen molar-refractivity contribution in [2.24, 2.45) is 0 Å². The smallest absolute Gasteiger partial charge is 0.235 e. The third-order valence-electron chi connectivity index (χ3n) is 4.80. The summed E-state index contributed by atoms with van der Waals surface area (Å²) in [6.45, 7) is 4.00. The number of carbonyl (C=O) groups is 2. The maximum Gasteiger partial charge on any atom is 0.235 e. The summed E-state index contributed by atoms with van der Waals surface area (Å²) in [6.07, 6.45) is 4.84. The van der Waals surface area contributed by atoms with Crippen molar-refractivity contribution in [3.05, 3.63) is 34.9 Å². The first-order valence-corrected chi connectivity index (χ1v) is 7.47. The van der Waals surface area contributed by atoms with Crippen LogP contribution in [0.15, 0.2) is 18.2 Å². The zero-order valence-electron chi connectivity index (χ0n) is 12.2. The number of hydrogen-bond donors (Lipinski definition) is 1. The Hall–Kier alpha value is -1.64. The number of nitrogens with one attached hydrogen (secondary N) is 1. The van der Waals surface area contributed by atoms with Crippen LogP contribution in [-0.4, -0.2) is 17.2 Å². The van der Waals surface area contributed by atoms with Crippen LogP contribution < -0.4 is 5.32 Å². The third-order valence-corrected chi connectivity index (χ3v) is 4.80. The fourth-order valence-electron chi connectivity index (χ4n) is 3.72. The molecule has 1 spiro atoms. The molecule has 3 nitrogen and oxygen atoms in total. The average molecular weight is 271 g/mol. The number of Topliss-reactive ketones (excluding diaryl/α,β-unsaturated/α-hetero) is 1. The van der Waals surface area contributed by atoms with Crippen LogP contribution >= 0.6 is 0 Å². The number of hydrogen-bond acceptors (Lipinski definition) is 2. The van der Waals surface area contributed by atoms with Crippen molar-refractivity contribution in [2.75, 3.05) is 0 Å². The van der Waals surface area contributed by atoms with E-state index in [0.717, 1.165) is 42.4 Å². The molecule has 2 fully saturated rings. The van der Waals surface area contributed by atoms with Crippen LogP contribution in [0.25, 0.3) is 0 Å². The second-order valence-corrected chi connectivity index (χ2v) is 6.29. The summed E-state index contributed by atoms with van der Waals surface area (Å²) in [5.41, 5.74) is 2.49. The fourth-order valence-corrected chi connectivity index (χ4v) is 3.72. The van der Waals surface area contributed by atoms with Gasteiger partial charge >= 0.3 is 0 Å². The van der Waals surface area contributed by atoms with Gasteiger partial charge in [-0.2, -0.15) is 0 Å². The van der Waals surface area contributed by atoms with Gasteiger partial charge in [0.15, 0.2) is 5.78 Å². The highest BCUT2D eigenvalue weighted by Crippen LogP contribution is 2.39. The summed E-state index contributed by atoms with van der Waals surface area (Å²) < 4.78 is 0. The lowest BCUT2D eigenvalue weighted by Gasteiger charge is -2.31. The topological polar surface area (TPSA) is 46.2 Å². The van der Waals surface area contributed by atoms with E-state index < -0.39 is 11.5 Å². The molecule has 3 heteroatoms. The quantitative estimate of drug-likeness (QED) is 0.798. The minimum absolute atomic E-state index is 0.0918. The Balaban J connectivity index is 1.98. The van der Waals surface area contributed by atoms with Gasteiger partial charge in [0.2, 0.25) is 5.91 Å². The Morgan fingerprint density at radius 1 is 1.10 bits per heavy atom. The lowest BCUT2D eigenvalue weighted by Crippen LogP contribution is -2.47. The highest BCUT2D eigenvalue weighted by molar-refractivity contribution is 6.17. The van der Waals surface area contributed by atoms with Crippen LogP contribution in [0.5, 0.6) is 0 Å². The van der Waals surface area contributed by atoms with E-state index in [-0.39, 0.29) is 11.7 Å². The van der Waals surface area contributed by atoms with Gasteiger partial charge in [0.05, 0.1) is 5.54 Å². The van der Waals surface area contributed by atoms with Crippen molar-refractivity contribution in [3.8, 4) is 0 Å². The zero-order valence-corrected chi connectivity index (χ0v) is 12.2. The number of rotatable bonds is 1. The molecular weight excluding hydrogens is 250 g/mol. The van der Waals surface area contributed by atoms with Crippen LogP contribution in [0.4, 0.5) is 0 Å². The molecule has 2 aliphatic rings. The second-order valence-electron chi connectivity index (χ2n) is 6.29. The standard InChI is InChI=1S/C17H21NO2/c1-11-6-7-13(12(2)10-11)14-15(19)17(18-16(14)20)8-4-3-5-9-17/h6-7,10,14H,3-5,8-9H2,1-2H3,(H,18,20). The van der Waals surface area contributed by atoms with Gasteiger partial charge in [-0.05, 0) is 37.8 Å². The molecular formula is C17H21NO2. The highest BCUT2D eigenvalue weighted by atomic mass is 16.2. The molecule has 0 aromatic heterocycles. The van der Waals surface area contributed by atoms with Gasteiger partial charge in [-0.1, -0.05) is 43.0 Å². The Morgan fingerprint density at radius 3 is 2.45 bits per heavy atom. The van der Waals surface area contributed by atoms with Crippen molar-refractivity contribution in [1.82, 2.24) is 5.32 Å². The SMILES string of the molecule is Cc1ccc(C2C(=O)NC3(CCCCC3)C2=O)c(C)c1. The number of benzene rings is 1. The Labute approximate surface area is 119 Å². The van der Waals surface area contributed by atoms with E-state index in [4.69, 9.17) is 0 Å². The molecule has 1 heterocycles. The molecule has 106 valence electrons. The predicted molar refractivity (Wildman–Crippen MR) is 77.6 cm³/mol. The number of amides is 1. The Bertz CT molecular complexity index is 570. The number of carbonyl (C=O) groups excluding carboxylic acids is 2. The van der Waals surface area contributed by atoms with Crippen LogP contribution in [-0.2, 0) is 9.59 Å². The molecule has 0 bridgehead atoms. The van der Waals surface area contributed by atoms with Gasteiger partial charge in [0.25, 0.3) is 0 Å². The van der Waals surface area contributed by atoms with Crippen LogP contribution in [0.1, 0.15) is 54.7 Å². The Kier molecular flexibility index (Phi) is 3.15. The van der Waals surface area contributed by atoms with Crippen molar-refractivity contribution in [3.63, 3.8) is 0 Å². The molecule has 3 rings (SSSR count). The normalized spacial score (nSPS) is 25.0. The molecule has 1 aliphatic carbocycles. The molecule has 1 unspecified atom stereocenters. The van der Waals surface area contributed by atoms with Crippen molar-refractivity contribution < 1.29 is 9.59 Å². The van der Waals surface area contributed by atoms with Crippen LogP contribution in [0.2, 0.25) is 0 Å². The van der Waals surface area contributed by atoms with Gasteiger partial charge in [0, 0.05) is 0 Å². The first-order valence-electron chi connectivity index (χ1n) is 7.47. The minimum Gasteiger partial charge on any atom is -0.343 e. The van der Waals surface area contributed by atoms with Crippen LogP contribution in [0.3, 0.4) is 0 Å². The van der Waals surface area contributed by atoms with Gasteiger partial charge < -0.3 is 5.32 Å².